The Balaban J connectivity index is 2.45. The summed E-state index contributed by atoms with van der Waals surface area (Å²) in [4.78, 5) is 39.4. The van der Waals surface area contributed by atoms with Gasteiger partial charge in [0.15, 0.2) is 5.13 Å². The molecule has 1 heterocycles. The molecule has 0 atom stereocenters. The zero-order valence-corrected chi connectivity index (χ0v) is 14.7. The van der Waals surface area contributed by atoms with Gasteiger partial charge in [-0.2, -0.15) is 0 Å². The predicted octanol–water partition coefficient (Wildman–Crippen LogP) is 1.50. The number of carbonyl (C=O) groups excluding carboxylic acids is 3. The Kier molecular flexibility index (Phi) is 6.08. The van der Waals surface area contributed by atoms with Gasteiger partial charge in [0.05, 0.1) is 6.54 Å². The summed E-state index contributed by atoms with van der Waals surface area (Å²) in [6.45, 7) is 7.99. The van der Waals surface area contributed by atoms with E-state index in [4.69, 9.17) is 4.74 Å². The number of nitrogens with zero attached hydrogens (tertiary/aromatic N) is 1. The molecule has 8 nitrogen and oxygen atoms in total. The third kappa shape index (κ3) is 7.09. The molecule has 1 rings (SSSR count). The molecule has 9 heteroatoms. The van der Waals surface area contributed by atoms with Gasteiger partial charge in [-0.3, -0.25) is 9.59 Å². The van der Waals surface area contributed by atoms with Crippen LogP contribution in [0.15, 0.2) is 11.6 Å². The average Bonchev–Trinajstić information content (AvgIpc) is 2.85. The van der Waals surface area contributed by atoms with Crippen LogP contribution in [-0.2, 0) is 14.3 Å². The summed E-state index contributed by atoms with van der Waals surface area (Å²) in [7, 11) is 0. The first-order chi connectivity index (χ1) is 10.5. The third-order valence-corrected chi connectivity index (χ3v) is 3.16. The molecule has 0 aliphatic rings. The summed E-state index contributed by atoms with van der Waals surface area (Å²) in [6, 6.07) is 0. The van der Waals surface area contributed by atoms with Crippen LogP contribution in [-0.4, -0.2) is 40.6 Å². The topological polar surface area (TPSA) is 109 Å². The molecular formula is C14H22N4O4S. The normalized spacial score (nSPS) is 11.5. The highest BCUT2D eigenvalue weighted by molar-refractivity contribution is 7.13. The van der Waals surface area contributed by atoms with Crippen LogP contribution < -0.4 is 16.0 Å². The highest BCUT2D eigenvalue weighted by Crippen LogP contribution is 2.10. The Hall–Kier alpha value is -2.16. The Morgan fingerprint density at radius 2 is 1.87 bits per heavy atom. The molecule has 1 aromatic rings. The van der Waals surface area contributed by atoms with Gasteiger partial charge in [0.25, 0.3) is 0 Å². The first-order valence-electron chi connectivity index (χ1n) is 6.98. The van der Waals surface area contributed by atoms with Crippen molar-refractivity contribution in [3.8, 4) is 0 Å². The molecule has 0 saturated carbocycles. The summed E-state index contributed by atoms with van der Waals surface area (Å²) in [6.07, 6.45) is 0.858. The fraction of sp³-hybridized carbons (Fsp3) is 0.571. The van der Waals surface area contributed by atoms with Crippen molar-refractivity contribution in [3.05, 3.63) is 11.6 Å². The summed E-state index contributed by atoms with van der Waals surface area (Å²) >= 11 is 1.28. The minimum absolute atomic E-state index is 0.224. The van der Waals surface area contributed by atoms with Crippen molar-refractivity contribution in [1.29, 1.82) is 0 Å². The summed E-state index contributed by atoms with van der Waals surface area (Å²) < 4.78 is 5.10. The van der Waals surface area contributed by atoms with Gasteiger partial charge >= 0.3 is 6.09 Å². The molecule has 0 radical (unpaired) electrons. The van der Waals surface area contributed by atoms with Crippen LogP contribution in [0.3, 0.4) is 0 Å². The fourth-order valence-electron chi connectivity index (χ4n) is 1.45. The SMILES string of the molecule is CC(C)(C)OC(=O)NC(C)(C)C(=O)NCC(=O)Nc1nccs1. The van der Waals surface area contributed by atoms with E-state index in [1.807, 2.05) is 0 Å². The monoisotopic (exact) mass is 342 g/mol. The largest absolute Gasteiger partial charge is 0.444 e. The number of nitrogens with one attached hydrogen (secondary N) is 3. The second-order valence-electron chi connectivity index (χ2n) is 6.32. The first kappa shape index (κ1) is 18.9. The van der Waals surface area contributed by atoms with Crippen LogP contribution in [0.5, 0.6) is 0 Å². The number of carbonyl (C=O) groups is 3. The molecular weight excluding hydrogens is 320 g/mol. The number of rotatable bonds is 5. The molecule has 0 fully saturated rings. The molecule has 23 heavy (non-hydrogen) atoms. The van der Waals surface area contributed by atoms with Gasteiger partial charge in [-0.05, 0) is 34.6 Å². The summed E-state index contributed by atoms with van der Waals surface area (Å²) in [5, 5.41) is 9.65. The average molecular weight is 342 g/mol. The van der Waals surface area contributed by atoms with Crippen molar-refractivity contribution in [1.82, 2.24) is 15.6 Å². The lowest BCUT2D eigenvalue weighted by Gasteiger charge is -2.27. The zero-order valence-electron chi connectivity index (χ0n) is 13.9. The van der Waals surface area contributed by atoms with Crippen molar-refractivity contribution in [2.75, 3.05) is 11.9 Å². The molecule has 0 aliphatic heterocycles. The lowest BCUT2D eigenvalue weighted by atomic mass is 10.1. The summed E-state index contributed by atoms with van der Waals surface area (Å²) in [5.74, 6) is -0.904. The van der Waals surface area contributed by atoms with E-state index < -0.39 is 29.0 Å². The first-order valence-corrected chi connectivity index (χ1v) is 7.86. The van der Waals surface area contributed by atoms with Crippen molar-refractivity contribution in [2.45, 2.75) is 45.8 Å². The molecule has 0 aliphatic carbocycles. The van der Waals surface area contributed by atoms with E-state index in [2.05, 4.69) is 20.9 Å². The van der Waals surface area contributed by atoms with Crippen LogP contribution in [0.1, 0.15) is 34.6 Å². The second-order valence-corrected chi connectivity index (χ2v) is 7.21. The fourth-order valence-corrected chi connectivity index (χ4v) is 1.99. The molecule has 0 bridgehead atoms. The van der Waals surface area contributed by atoms with Gasteiger partial charge < -0.3 is 20.7 Å². The van der Waals surface area contributed by atoms with Crippen molar-refractivity contribution in [3.63, 3.8) is 0 Å². The van der Waals surface area contributed by atoms with Crippen molar-refractivity contribution in [2.24, 2.45) is 0 Å². The zero-order chi connectivity index (χ0) is 17.7. The van der Waals surface area contributed by atoms with Gasteiger partial charge in [-0.25, -0.2) is 9.78 Å². The molecule has 3 amide bonds. The molecule has 0 unspecified atom stereocenters. The lowest BCUT2D eigenvalue weighted by Crippen LogP contribution is -2.56. The Bertz CT molecular complexity index is 564. The van der Waals surface area contributed by atoms with Gasteiger partial charge in [-0.1, -0.05) is 0 Å². The molecule has 3 N–H and O–H groups in total. The standard InChI is InChI=1S/C14H22N4O4S/c1-13(2,3)22-12(21)18-14(4,5)10(20)16-8-9(19)17-11-15-6-7-23-11/h6-7H,8H2,1-5H3,(H,16,20)(H,18,21)(H,15,17,19). The van der Waals surface area contributed by atoms with E-state index in [-0.39, 0.29) is 6.54 Å². The summed E-state index contributed by atoms with van der Waals surface area (Å²) in [5.41, 5.74) is -1.88. The number of alkyl carbamates (subject to hydrolysis) is 1. The number of hydrogen-bond donors (Lipinski definition) is 3. The van der Waals surface area contributed by atoms with E-state index in [0.717, 1.165) is 0 Å². The molecule has 128 valence electrons. The Morgan fingerprint density at radius 3 is 2.39 bits per heavy atom. The van der Waals surface area contributed by atoms with E-state index in [9.17, 15) is 14.4 Å². The third-order valence-electron chi connectivity index (χ3n) is 2.47. The maximum Gasteiger partial charge on any atom is 0.408 e. The molecule has 0 saturated heterocycles. The molecule has 0 aromatic carbocycles. The van der Waals surface area contributed by atoms with E-state index in [1.54, 1.807) is 32.3 Å². The van der Waals surface area contributed by atoms with Gasteiger partial charge in [-0.15, -0.1) is 11.3 Å². The number of ether oxygens (including phenoxy) is 1. The minimum atomic E-state index is -1.22. The van der Waals surface area contributed by atoms with Gasteiger partial charge in [0.1, 0.15) is 11.1 Å². The second kappa shape index (κ2) is 7.40. The highest BCUT2D eigenvalue weighted by Gasteiger charge is 2.31. The predicted molar refractivity (Wildman–Crippen MR) is 87.2 cm³/mol. The maximum absolute atomic E-state index is 12.1. The van der Waals surface area contributed by atoms with E-state index in [1.165, 1.54) is 25.2 Å². The van der Waals surface area contributed by atoms with Gasteiger partial charge in [0.2, 0.25) is 11.8 Å². The van der Waals surface area contributed by atoms with Gasteiger partial charge in [0, 0.05) is 11.6 Å². The maximum atomic E-state index is 12.1. The Labute approximate surface area is 139 Å². The number of hydrogen-bond acceptors (Lipinski definition) is 6. The number of aromatic nitrogens is 1. The molecule has 0 spiro atoms. The lowest BCUT2D eigenvalue weighted by molar-refractivity contribution is -0.128. The van der Waals surface area contributed by atoms with Crippen LogP contribution in [0.25, 0.3) is 0 Å². The van der Waals surface area contributed by atoms with Crippen LogP contribution in [0.2, 0.25) is 0 Å². The molecule has 1 aromatic heterocycles. The van der Waals surface area contributed by atoms with Crippen LogP contribution >= 0.6 is 11.3 Å². The van der Waals surface area contributed by atoms with E-state index >= 15 is 0 Å². The number of amides is 3. The van der Waals surface area contributed by atoms with Crippen LogP contribution in [0, 0.1) is 0 Å². The van der Waals surface area contributed by atoms with E-state index in [0.29, 0.717) is 5.13 Å². The van der Waals surface area contributed by atoms with Crippen molar-refractivity contribution >= 4 is 34.4 Å². The van der Waals surface area contributed by atoms with Crippen LogP contribution in [0.4, 0.5) is 9.93 Å². The number of anilines is 1. The minimum Gasteiger partial charge on any atom is -0.444 e. The highest BCUT2D eigenvalue weighted by atomic mass is 32.1. The quantitative estimate of drug-likeness (QED) is 0.751. The smallest absolute Gasteiger partial charge is 0.408 e. The van der Waals surface area contributed by atoms with Crippen molar-refractivity contribution < 1.29 is 19.1 Å². The Morgan fingerprint density at radius 1 is 1.22 bits per heavy atom. The number of thiazole rings is 1.